The van der Waals surface area contributed by atoms with Gasteiger partial charge in [0.2, 0.25) is 0 Å². The SMILES string of the molecule is N#CCC[C@@H](C#N)CN1CCCN(Cc2ccc(F)cc2)CC1. The van der Waals surface area contributed by atoms with Crippen LogP contribution in [0, 0.1) is 34.4 Å². The van der Waals surface area contributed by atoms with Gasteiger partial charge < -0.3 is 4.90 Å². The van der Waals surface area contributed by atoms with E-state index in [1.165, 1.54) is 12.1 Å². The molecule has 1 heterocycles. The molecule has 1 aliphatic heterocycles. The van der Waals surface area contributed by atoms with Crippen LogP contribution in [0.15, 0.2) is 24.3 Å². The van der Waals surface area contributed by atoms with Crippen LogP contribution in [0.4, 0.5) is 4.39 Å². The smallest absolute Gasteiger partial charge is 0.123 e. The number of nitriles is 2. The third kappa shape index (κ3) is 5.98. The highest BCUT2D eigenvalue weighted by Crippen LogP contribution is 2.13. The van der Waals surface area contributed by atoms with Gasteiger partial charge in [-0.2, -0.15) is 10.5 Å². The molecule has 5 heteroatoms. The molecule has 0 saturated carbocycles. The van der Waals surface area contributed by atoms with Crippen molar-refractivity contribution in [3.05, 3.63) is 35.6 Å². The zero-order valence-electron chi connectivity index (χ0n) is 13.4. The van der Waals surface area contributed by atoms with Gasteiger partial charge in [-0.3, -0.25) is 4.90 Å². The van der Waals surface area contributed by atoms with E-state index < -0.39 is 0 Å². The first-order valence-electron chi connectivity index (χ1n) is 8.17. The number of rotatable bonds is 6. The largest absolute Gasteiger partial charge is 0.301 e. The second-order valence-electron chi connectivity index (χ2n) is 6.08. The van der Waals surface area contributed by atoms with E-state index >= 15 is 0 Å². The lowest BCUT2D eigenvalue weighted by Crippen LogP contribution is -2.33. The molecule has 2 rings (SSSR count). The summed E-state index contributed by atoms with van der Waals surface area (Å²) in [4.78, 5) is 4.71. The summed E-state index contributed by atoms with van der Waals surface area (Å²) in [6.07, 6.45) is 2.17. The Morgan fingerprint density at radius 1 is 1.04 bits per heavy atom. The first kappa shape index (κ1) is 17.4. The van der Waals surface area contributed by atoms with Gasteiger partial charge >= 0.3 is 0 Å². The summed E-state index contributed by atoms with van der Waals surface area (Å²) in [5, 5.41) is 17.8. The molecule has 0 aromatic heterocycles. The van der Waals surface area contributed by atoms with Crippen molar-refractivity contribution in [2.24, 2.45) is 5.92 Å². The molecule has 122 valence electrons. The third-order valence-electron chi connectivity index (χ3n) is 4.27. The van der Waals surface area contributed by atoms with E-state index in [1.807, 2.05) is 12.1 Å². The van der Waals surface area contributed by atoms with Crippen LogP contribution < -0.4 is 0 Å². The fourth-order valence-corrected chi connectivity index (χ4v) is 2.96. The van der Waals surface area contributed by atoms with Gasteiger partial charge in [-0.25, -0.2) is 4.39 Å². The second-order valence-corrected chi connectivity index (χ2v) is 6.08. The Bertz CT molecular complexity index is 558. The topological polar surface area (TPSA) is 54.1 Å². The van der Waals surface area contributed by atoms with E-state index in [0.29, 0.717) is 12.8 Å². The Kier molecular flexibility index (Phi) is 7.00. The molecule has 0 spiro atoms. The second kappa shape index (κ2) is 9.25. The van der Waals surface area contributed by atoms with Gasteiger partial charge in [0.05, 0.1) is 18.1 Å². The fourth-order valence-electron chi connectivity index (χ4n) is 2.96. The predicted octanol–water partition coefficient (Wildman–Crippen LogP) is 2.78. The van der Waals surface area contributed by atoms with Crippen LogP contribution in [-0.4, -0.2) is 42.5 Å². The van der Waals surface area contributed by atoms with E-state index in [1.54, 1.807) is 0 Å². The van der Waals surface area contributed by atoms with Crippen LogP contribution in [0.1, 0.15) is 24.8 Å². The van der Waals surface area contributed by atoms with E-state index in [2.05, 4.69) is 21.9 Å². The maximum atomic E-state index is 13.0. The number of halogens is 1. The Morgan fingerprint density at radius 3 is 2.43 bits per heavy atom. The standard InChI is InChI=1S/C18H23FN4/c19-18-6-4-16(5-7-18)14-22-9-2-10-23(12-11-22)15-17(13-21)3-1-8-20/h4-7,17H,1-3,9-12,14-15H2/t17-/m0/s1. The van der Waals surface area contributed by atoms with Crippen molar-refractivity contribution < 1.29 is 4.39 Å². The van der Waals surface area contributed by atoms with Crippen LogP contribution in [0.25, 0.3) is 0 Å². The summed E-state index contributed by atoms with van der Waals surface area (Å²) in [6, 6.07) is 11.1. The normalized spacial score (nSPS) is 17.9. The van der Waals surface area contributed by atoms with Crippen molar-refractivity contribution in [3.8, 4) is 12.1 Å². The minimum Gasteiger partial charge on any atom is -0.301 e. The molecule has 1 saturated heterocycles. The summed E-state index contributed by atoms with van der Waals surface area (Å²) in [5.41, 5.74) is 1.13. The van der Waals surface area contributed by atoms with Crippen molar-refractivity contribution in [2.75, 3.05) is 32.7 Å². The molecule has 0 bridgehead atoms. The number of hydrogen-bond acceptors (Lipinski definition) is 4. The average Bonchev–Trinajstić information content (AvgIpc) is 2.79. The number of nitrogens with zero attached hydrogens (tertiary/aromatic N) is 4. The van der Waals surface area contributed by atoms with Crippen LogP contribution in [0.5, 0.6) is 0 Å². The highest BCUT2D eigenvalue weighted by atomic mass is 19.1. The first-order chi connectivity index (χ1) is 11.2. The van der Waals surface area contributed by atoms with Crippen molar-refractivity contribution in [2.45, 2.75) is 25.8 Å². The van der Waals surface area contributed by atoms with Crippen molar-refractivity contribution in [1.82, 2.24) is 9.80 Å². The zero-order chi connectivity index (χ0) is 16.5. The van der Waals surface area contributed by atoms with Crippen LogP contribution in [0.3, 0.4) is 0 Å². The highest BCUT2D eigenvalue weighted by molar-refractivity contribution is 5.15. The molecule has 1 atom stereocenters. The lowest BCUT2D eigenvalue weighted by atomic mass is 10.0. The van der Waals surface area contributed by atoms with Gasteiger partial charge in [0.1, 0.15) is 5.82 Å². The summed E-state index contributed by atoms with van der Waals surface area (Å²) in [7, 11) is 0. The van der Waals surface area contributed by atoms with Gasteiger partial charge in [-0.05, 0) is 43.6 Å². The third-order valence-corrected chi connectivity index (χ3v) is 4.27. The number of benzene rings is 1. The molecular weight excluding hydrogens is 291 g/mol. The molecule has 0 unspecified atom stereocenters. The molecule has 1 aromatic rings. The van der Waals surface area contributed by atoms with Gasteiger partial charge in [-0.15, -0.1) is 0 Å². The maximum absolute atomic E-state index is 13.0. The Balaban J connectivity index is 1.81. The quantitative estimate of drug-likeness (QED) is 0.810. The minimum absolute atomic E-state index is 0.0571. The zero-order valence-corrected chi connectivity index (χ0v) is 13.4. The predicted molar refractivity (Wildman–Crippen MR) is 86.7 cm³/mol. The van der Waals surface area contributed by atoms with Gasteiger partial charge in [0.25, 0.3) is 0 Å². The van der Waals surface area contributed by atoms with Crippen LogP contribution >= 0.6 is 0 Å². The lowest BCUT2D eigenvalue weighted by molar-refractivity contribution is 0.236. The Labute approximate surface area is 137 Å². The molecule has 4 nitrogen and oxygen atoms in total. The molecule has 0 radical (unpaired) electrons. The molecule has 0 amide bonds. The molecule has 23 heavy (non-hydrogen) atoms. The first-order valence-corrected chi connectivity index (χ1v) is 8.17. The van der Waals surface area contributed by atoms with Crippen molar-refractivity contribution >= 4 is 0 Å². The summed E-state index contributed by atoms with van der Waals surface area (Å²) >= 11 is 0. The molecule has 1 fully saturated rings. The molecule has 1 aromatic carbocycles. The average molecular weight is 314 g/mol. The maximum Gasteiger partial charge on any atom is 0.123 e. The highest BCUT2D eigenvalue weighted by Gasteiger charge is 2.18. The molecule has 1 aliphatic rings. The summed E-state index contributed by atoms with van der Waals surface area (Å²) in [5.74, 6) is -0.256. The minimum atomic E-state index is -0.198. The molecule has 0 N–H and O–H groups in total. The summed E-state index contributed by atoms with van der Waals surface area (Å²) < 4.78 is 13.0. The lowest BCUT2D eigenvalue weighted by Gasteiger charge is -2.23. The van der Waals surface area contributed by atoms with E-state index in [-0.39, 0.29) is 11.7 Å². The summed E-state index contributed by atoms with van der Waals surface area (Å²) in [6.45, 7) is 5.49. The van der Waals surface area contributed by atoms with E-state index in [9.17, 15) is 9.65 Å². The Morgan fingerprint density at radius 2 is 1.74 bits per heavy atom. The van der Waals surface area contributed by atoms with Gasteiger partial charge in [0, 0.05) is 32.6 Å². The van der Waals surface area contributed by atoms with Crippen molar-refractivity contribution in [1.29, 1.82) is 10.5 Å². The van der Waals surface area contributed by atoms with Crippen molar-refractivity contribution in [3.63, 3.8) is 0 Å². The Hall–Kier alpha value is -1.95. The van der Waals surface area contributed by atoms with Crippen LogP contribution in [0.2, 0.25) is 0 Å². The fraction of sp³-hybridized carbons (Fsp3) is 0.556. The molecule has 0 aliphatic carbocycles. The van der Waals surface area contributed by atoms with Gasteiger partial charge in [-0.1, -0.05) is 12.1 Å². The number of hydrogen-bond donors (Lipinski definition) is 0. The molecular formula is C18H23FN4. The van der Waals surface area contributed by atoms with E-state index in [4.69, 9.17) is 5.26 Å². The van der Waals surface area contributed by atoms with Gasteiger partial charge in [0.15, 0.2) is 0 Å². The van der Waals surface area contributed by atoms with E-state index in [0.717, 1.165) is 51.3 Å². The van der Waals surface area contributed by atoms with Crippen LogP contribution in [-0.2, 0) is 6.54 Å². The monoisotopic (exact) mass is 314 g/mol.